The van der Waals surface area contributed by atoms with Gasteiger partial charge >= 0.3 is 11.8 Å². The number of hydrogen-bond acceptors (Lipinski definition) is 4. The predicted octanol–water partition coefficient (Wildman–Crippen LogP) is 2.72. The first kappa shape index (κ1) is 21.3. The predicted molar refractivity (Wildman–Crippen MR) is 108 cm³/mol. The van der Waals surface area contributed by atoms with Crippen LogP contribution in [0.3, 0.4) is 0 Å². The summed E-state index contributed by atoms with van der Waals surface area (Å²) in [5, 5.41) is 11.8. The Morgan fingerprint density at radius 1 is 0.893 bits per heavy atom. The second-order valence-electron chi connectivity index (χ2n) is 6.65. The summed E-state index contributed by atoms with van der Waals surface area (Å²) in [5.74, 6) is -0.672. The van der Waals surface area contributed by atoms with Crippen LogP contribution in [0.15, 0.2) is 48.5 Å². The molecule has 0 saturated carbocycles. The van der Waals surface area contributed by atoms with Crippen molar-refractivity contribution in [3.05, 3.63) is 59.7 Å². The van der Waals surface area contributed by atoms with Gasteiger partial charge in [-0.05, 0) is 67.5 Å². The lowest BCUT2D eigenvalue weighted by atomic mass is 9.98. The minimum atomic E-state index is -0.941. The monoisotopic (exact) mass is 384 g/mol. The number of rotatable bonds is 11. The highest BCUT2D eigenvalue weighted by Crippen LogP contribution is 2.17. The zero-order valence-corrected chi connectivity index (χ0v) is 16.0. The van der Waals surface area contributed by atoms with E-state index in [1.165, 1.54) is 11.1 Å². The Bertz CT molecular complexity index is 759. The molecular weight excluding hydrogens is 356 g/mol. The second kappa shape index (κ2) is 11.6. The van der Waals surface area contributed by atoms with E-state index < -0.39 is 11.8 Å². The van der Waals surface area contributed by atoms with Crippen molar-refractivity contribution in [3.63, 3.8) is 0 Å². The lowest BCUT2D eigenvalue weighted by Gasteiger charge is -2.11. The summed E-state index contributed by atoms with van der Waals surface area (Å²) in [6.45, 7) is 1.09. The summed E-state index contributed by atoms with van der Waals surface area (Å²) in [6.07, 6.45) is 5.66. The van der Waals surface area contributed by atoms with Crippen molar-refractivity contribution in [3.8, 4) is 11.5 Å². The van der Waals surface area contributed by atoms with Gasteiger partial charge in [0.15, 0.2) is 0 Å². The van der Waals surface area contributed by atoms with Gasteiger partial charge in [0.2, 0.25) is 0 Å². The molecule has 28 heavy (non-hydrogen) atoms. The smallest absolute Gasteiger partial charge is 0.309 e. The Morgan fingerprint density at radius 3 is 2.18 bits per heavy atom. The number of primary amides is 1. The van der Waals surface area contributed by atoms with Crippen LogP contribution in [0.25, 0.3) is 0 Å². The Kier molecular flexibility index (Phi) is 8.85. The Hall–Kier alpha value is -3.02. The van der Waals surface area contributed by atoms with E-state index in [0.717, 1.165) is 44.3 Å². The molecule has 0 fully saturated rings. The minimum Gasteiger partial charge on any atom is -0.508 e. The number of carbonyl (C=O) groups is 2. The maximum Gasteiger partial charge on any atom is 0.309 e. The number of phenolic OH excluding ortho intramolecular Hbond substituents is 1. The molecule has 2 aromatic rings. The normalized spacial score (nSPS) is 10.4. The largest absolute Gasteiger partial charge is 0.508 e. The molecule has 0 spiro atoms. The molecule has 0 radical (unpaired) electrons. The molecule has 2 rings (SSSR count). The zero-order valence-electron chi connectivity index (χ0n) is 16.0. The molecule has 0 heterocycles. The quantitative estimate of drug-likeness (QED) is 0.409. The zero-order chi connectivity index (χ0) is 20.2. The molecule has 0 unspecified atom stereocenters. The molecule has 0 aliphatic carbocycles. The molecule has 0 aliphatic heterocycles. The highest BCUT2D eigenvalue weighted by atomic mass is 16.5. The molecule has 4 N–H and O–H groups in total. The molecule has 150 valence electrons. The fraction of sp³-hybridized carbons (Fsp3) is 0.364. The van der Waals surface area contributed by atoms with E-state index in [1.807, 2.05) is 0 Å². The molecule has 0 atom stereocenters. The van der Waals surface area contributed by atoms with Crippen LogP contribution in [-0.2, 0) is 22.4 Å². The highest BCUT2D eigenvalue weighted by molar-refractivity contribution is 6.34. The van der Waals surface area contributed by atoms with E-state index >= 15 is 0 Å². The topological polar surface area (TPSA) is 102 Å². The van der Waals surface area contributed by atoms with Crippen LogP contribution in [0.1, 0.15) is 36.8 Å². The Labute approximate surface area is 165 Å². The number of ether oxygens (including phenoxy) is 1. The lowest BCUT2D eigenvalue weighted by Crippen LogP contribution is -2.36. The number of nitrogens with two attached hydrogens (primary N) is 1. The summed E-state index contributed by atoms with van der Waals surface area (Å²) in [6, 6.07) is 15.2. The van der Waals surface area contributed by atoms with Crippen LogP contribution >= 0.6 is 0 Å². The van der Waals surface area contributed by atoms with Gasteiger partial charge in [-0.25, -0.2) is 0 Å². The number of hydrogen-bond donors (Lipinski definition) is 3. The number of carbonyl (C=O) groups excluding carboxylic acids is 2. The molecule has 6 nitrogen and oxygen atoms in total. The van der Waals surface area contributed by atoms with Crippen LogP contribution in [0, 0.1) is 0 Å². The van der Waals surface area contributed by atoms with Crippen LogP contribution in [0.5, 0.6) is 11.5 Å². The van der Waals surface area contributed by atoms with Gasteiger partial charge in [-0.2, -0.15) is 0 Å². The van der Waals surface area contributed by atoms with E-state index in [0.29, 0.717) is 13.2 Å². The van der Waals surface area contributed by atoms with Gasteiger partial charge in [-0.1, -0.05) is 30.7 Å². The Balaban J connectivity index is 1.66. The van der Waals surface area contributed by atoms with Crippen LogP contribution in [0.2, 0.25) is 0 Å². The molecule has 0 bridgehead atoms. The third kappa shape index (κ3) is 7.70. The summed E-state index contributed by atoms with van der Waals surface area (Å²) in [7, 11) is 0. The maximum absolute atomic E-state index is 11.1. The number of phenols is 1. The van der Waals surface area contributed by atoms with Crippen LogP contribution in [-0.4, -0.2) is 30.1 Å². The third-order valence-electron chi connectivity index (χ3n) is 4.45. The fourth-order valence-corrected chi connectivity index (χ4v) is 2.95. The number of aromatic hydroxyl groups is 1. The fourth-order valence-electron chi connectivity index (χ4n) is 2.95. The maximum atomic E-state index is 11.1. The number of nitrogens with one attached hydrogen (secondary N) is 1. The summed E-state index contributed by atoms with van der Waals surface area (Å²) in [5.41, 5.74) is 7.56. The minimum absolute atomic E-state index is 0.233. The molecule has 0 aromatic heterocycles. The second-order valence-corrected chi connectivity index (χ2v) is 6.65. The van der Waals surface area contributed by atoms with Gasteiger partial charge in [0.1, 0.15) is 11.5 Å². The summed E-state index contributed by atoms with van der Waals surface area (Å²) < 4.78 is 5.71. The van der Waals surface area contributed by atoms with E-state index in [9.17, 15) is 14.7 Å². The van der Waals surface area contributed by atoms with Gasteiger partial charge in [0.25, 0.3) is 0 Å². The molecule has 2 amide bonds. The van der Waals surface area contributed by atoms with Crippen molar-refractivity contribution < 1.29 is 19.4 Å². The average molecular weight is 384 g/mol. The van der Waals surface area contributed by atoms with E-state index in [1.54, 1.807) is 24.3 Å². The molecule has 6 heteroatoms. The van der Waals surface area contributed by atoms with Gasteiger partial charge in [-0.3, -0.25) is 9.59 Å². The highest BCUT2D eigenvalue weighted by Gasteiger charge is 2.06. The SMILES string of the molecule is NC(=O)C(=O)NCCCCCc1ccccc1CCCOc1ccc(O)cc1. The summed E-state index contributed by atoms with van der Waals surface area (Å²) in [4.78, 5) is 21.7. The molecule has 2 aromatic carbocycles. The summed E-state index contributed by atoms with van der Waals surface area (Å²) >= 11 is 0. The van der Waals surface area contributed by atoms with Crippen molar-refractivity contribution in [1.82, 2.24) is 5.32 Å². The van der Waals surface area contributed by atoms with Gasteiger partial charge in [0.05, 0.1) is 6.61 Å². The van der Waals surface area contributed by atoms with Crippen LogP contribution in [0.4, 0.5) is 0 Å². The van der Waals surface area contributed by atoms with E-state index in [2.05, 4.69) is 29.6 Å². The van der Waals surface area contributed by atoms with Crippen molar-refractivity contribution in [2.45, 2.75) is 38.5 Å². The van der Waals surface area contributed by atoms with E-state index in [4.69, 9.17) is 10.5 Å². The van der Waals surface area contributed by atoms with Gasteiger partial charge in [-0.15, -0.1) is 0 Å². The molecular formula is C22H28N2O4. The first-order chi connectivity index (χ1) is 13.6. The molecule has 0 aliphatic rings. The van der Waals surface area contributed by atoms with Crippen LogP contribution < -0.4 is 15.8 Å². The number of aryl methyl sites for hydroxylation is 2. The Morgan fingerprint density at radius 2 is 1.54 bits per heavy atom. The first-order valence-corrected chi connectivity index (χ1v) is 9.62. The third-order valence-corrected chi connectivity index (χ3v) is 4.45. The van der Waals surface area contributed by atoms with Gasteiger partial charge < -0.3 is 20.9 Å². The lowest BCUT2D eigenvalue weighted by molar-refractivity contribution is -0.137. The average Bonchev–Trinajstić information content (AvgIpc) is 2.69. The molecule has 0 saturated heterocycles. The number of benzene rings is 2. The first-order valence-electron chi connectivity index (χ1n) is 9.62. The van der Waals surface area contributed by atoms with Crippen molar-refractivity contribution in [1.29, 1.82) is 0 Å². The van der Waals surface area contributed by atoms with Gasteiger partial charge in [0, 0.05) is 6.54 Å². The van der Waals surface area contributed by atoms with E-state index in [-0.39, 0.29) is 5.75 Å². The van der Waals surface area contributed by atoms with Crippen molar-refractivity contribution >= 4 is 11.8 Å². The van der Waals surface area contributed by atoms with Crippen molar-refractivity contribution in [2.75, 3.05) is 13.2 Å². The standard InChI is InChI=1S/C22H28N2O4/c23-21(26)22(27)24-15-5-1-2-7-17-8-3-4-9-18(17)10-6-16-28-20-13-11-19(25)12-14-20/h3-4,8-9,11-14,25H,1-2,5-7,10,15-16H2,(H2,23,26)(H,24,27). The number of amides is 2. The van der Waals surface area contributed by atoms with Crippen molar-refractivity contribution in [2.24, 2.45) is 5.73 Å². The number of unbranched alkanes of at least 4 members (excludes halogenated alkanes) is 2.